The van der Waals surface area contributed by atoms with Gasteiger partial charge in [-0.1, -0.05) is 32.0 Å². The lowest BCUT2D eigenvalue weighted by Gasteiger charge is -2.15. The van der Waals surface area contributed by atoms with Crippen LogP contribution >= 0.6 is 0 Å². The summed E-state index contributed by atoms with van der Waals surface area (Å²) >= 11 is 0. The number of para-hydroxylation sites is 1. The van der Waals surface area contributed by atoms with Crippen LogP contribution in [-0.2, 0) is 0 Å². The van der Waals surface area contributed by atoms with Crippen LogP contribution < -0.4 is 10.1 Å². The highest BCUT2D eigenvalue weighted by molar-refractivity contribution is 5.85. The van der Waals surface area contributed by atoms with Gasteiger partial charge in [0.25, 0.3) is 0 Å². The highest BCUT2D eigenvalue weighted by Gasteiger charge is 2.11. The first-order valence-electron chi connectivity index (χ1n) is 6.30. The van der Waals surface area contributed by atoms with Crippen molar-refractivity contribution in [2.45, 2.75) is 26.2 Å². The van der Waals surface area contributed by atoms with E-state index in [-0.39, 0.29) is 0 Å². The number of rotatable bonds is 5. The van der Waals surface area contributed by atoms with Gasteiger partial charge in [-0.05, 0) is 24.0 Å². The Balaban J connectivity index is 2.04. The van der Waals surface area contributed by atoms with E-state index in [4.69, 9.17) is 4.74 Å². The van der Waals surface area contributed by atoms with Crippen molar-refractivity contribution in [3.63, 3.8) is 0 Å². The van der Waals surface area contributed by atoms with Crippen LogP contribution in [-0.4, -0.2) is 25.5 Å². The third kappa shape index (κ3) is 2.99. The number of hydrogen-bond acceptors (Lipinski definition) is 3. The Hall–Kier alpha value is -1.51. The van der Waals surface area contributed by atoms with E-state index < -0.39 is 0 Å². The number of amidine groups is 1. The van der Waals surface area contributed by atoms with Gasteiger partial charge in [0, 0.05) is 6.54 Å². The molecule has 1 aromatic carbocycles. The summed E-state index contributed by atoms with van der Waals surface area (Å²) in [6.07, 6.45) is 1.12. The zero-order valence-electron chi connectivity index (χ0n) is 10.6. The van der Waals surface area contributed by atoms with Gasteiger partial charge in [-0.25, -0.2) is 0 Å². The van der Waals surface area contributed by atoms with E-state index in [2.05, 4.69) is 36.3 Å². The zero-order chi connectivity index (χ0) is 12.1. The van der Waals surface area contributed by atoms with E-state index in [9.17, 15) is 0 Å². The van der Waals surface area contributed by atoms with Crippen LogP contribution in [0.2, 0.25) is 0 Å². The number of hydrogen-bond donors (Lipinski definition) is 1. The smallest absolute Gasteiger partial charge is 0.145 e. The second-order valence-corrected chi connectivity index (χ2v) is 4.39. The quantitative estimate of drug-likeness (QED) is 0.846. The molecule has 1 atom stereocenters. The lowest BCUT2D eigenvalue weighted by Crippen LogP contribution is -2.25. The largest absolute Gasteiger partial charge is 0.485 e. The summed E-state index contributed by atoms with van der Waals surface area (Å²) in [7, 11) is 0. The van der Waals surface area contributed by atoms with Crippen molar-refractivity contribution in [2.75, 3.05) is 19.7 Å². The van der Waals surface area contributed by atoms with Crippen LogP contribution in [0.4, 0.5) is 0 Å². The summed E-state index contributed by atoms with van der Waals surface area (Å²) in [5.41, 5.74) is 1.29. The molecule has 0 fully saturated rings. The number of benzene rings is 1. The van der Waals surface area contributed by atoms with E-state index >= 15 is 0 Å². The number of nitrogens with zero attached hydrogens (tertiary/aromatic N) is 1. The van der Waals surface area contributed by atoms with Crippen LogP contribution in [0, 0.1) is 0 Å². The molecule has 0 unspecified atom stereocenters. The van der Waals surface area contributed by atoms with Gasteiger partial charge in [0.05, 0.1) is 6.54 Å². The Labute approximate surface area is 103 Å². The summed E-state index contributed by atoms with van der Waals surface area (Å²) in [5, 5.41) is 3.21. The minimum absolute atomic E-state index is 0.532. The molecular formula is C14H20N2O. The van der Waals surface area contributed by atoms with E-state index in [1.807, 2.05) is 12.1 Å². The van der Waals surface area contributed by atoms with Gasteiger partial charge >= 0.3 is 0 Å². The van der Waals surface area contributed by atoms with Crippen LogP contribution in [0.25, 0.3) is 0 Å². The molecule has 0 spiro atoms. The molecule has 0 aliphatic carbocycles. The summed E-state index contributed by atoms with van der Waals surface area (Å²) in [4.78, 5) is 4.33. The molecule has 1 aromatic rings. The number of aliphatic imine (C=N–C) groups is 1. The normalized spacial score (nSPS) is 16.2. The Morgan fingerprint density at radius 2 is 2.24 bits per heavy atom. The first-order valence-corrected chi connectivity index (χ1v) is 6.30. The molecule has 17 heavy (non-hydrogen) atoms. The van der Waals surface area contributed by atoms with Crippen LogP contribution in [0.5, 0.6) is 5.75 Å². The molecule has 92 valence electrons. The average Bonchev–Trinajstić information content (AvgIpc) is 2.89. The monoisotopic (exact) mass is 232 g/mol. The van der Waals surface area contributed by atoms with Gasteiger partial charge in [0.1, 0.15) is 18.2 Å². The third-order valence-corrected chi connectivity index (χ3v) is 3.17. The molecule has 1 aliphatic rings. The summed E-state index contributed by atoms with van der Waals surface area (Å²) < 4.78 is 5.85. The Morgan fingerprint density at radius 3 is 2.94 bits per heavy atom. The van der Waals surface area contributed by atoms with Crippen LogP contribution in [0.1, 0.15) is 31.7 Å². The molecule has 3 nitrogen and oxygen atoms in total. The van der Waals surface area contributed by atoms with Gasteiger partial charge in [-0.2, -0.15) is 0 Å². The predicted molar refractivity (Wildman–Crippen MR) is 70.9 cm³/mol. The van der Waals surface area contributed by atoms with Crippen LogP contribution in [0.15, 0.2) is 29.3 Å². The fraction of sp³-hybridized carbons (Fsp3) is 0.500. The highest BCUT2D eigenvalue weighted by Crippen LogP contribution is 2.28. The summed E-state index contributed by atoms with van der Waals surface area (Å²) in [6.45, 7) is 6.78. The minimum Gasteiger partial charge on any atom is -0.485 e. The first-order chi connectivity index (χ1) is 8.31. The van der Waals surface area contributed by atoms with Gasteiger partial charge < -0.3 is 10.1 Å². The zero-order valence-corrected chi connectivity index (χ0v) is 10.6. The molecule has 0 aromatic heterocycles. The fourth-order valence-corrected chi connectivity index (χ4v) is 1.93. The standard InChI is InChI=1S/C14H20N2O/c1-3-11(2)12-6-4-5-7-13(12)17-10-14-15-8-9-16-14/h4-7,11H,3,8-10H2,1-2H3,(H,15,16)/t11-/m1/s1. The van der Waals surface area contributed by atoms with E-state index in [0.717, 1.165) is 31.1 Å². The Kier molecular flexibility index (Phi) is 4.02. The summed E-state index contributed by atoms with van der Waals surface area (Å²) in [5.74, 6) is 2.48. The van der Waals surface area contributed by atoms with Crippen molar-refractivity contribution in [3.05, 3.63) is 29.8 Å². The van der Waals surface area contributed by atoms with Crippen molar-refractivity contribution in [1.82, 2.24) is 5.32 Å². The second kappa shape index (κ2) is 5.71. The van der Waals surface area contributed by atoms with Gasteiger partial charge in [0.15, 0.2) is 0 Å². The first kappa shape index (κ1) is 12.0. The maximum atomic E-state index is 5.85. The molecule has 0 amide bonds. The van der Waals surface area contributed by atoms with Gasteiger partial charge in [-0.3, -0.25) is 4.99 Å². The molecule has 0 bridgehead atoms. The average molecular weight is 232 g/mol. The minimum atomic E-state index is 0.532. The number of nitrogens with one attached hydrogen (secondary N) is 1. The molecule has 0 saturated heterocycles. The predicted octanol–water partition coefficient (Wildman–Crippen LogP) is 2.58. The highest BCUT2D eigenvalue weighted by atomic mass is 16.5. The van der Waals surface area contributed by atoms with Crippen LogP contribution in [0.3, 0.4) is 0 Å². The molecule has 1 heterocycles. The molecule has 0 radical (unpaired) electrons. The van der Waals surface area contributed by atoms with E-state index in [1.165, 1.54) is 5.56 Å². The SMILES string of the molecule is CC[C@@H](C)c1ccccc1OCC1=NCCN1. The molecule has 1 aliphatic heterocycles. The van der Waals surface area contributed by atoms with Crippen molar-refractivity contribution >= 4 is 5.84 Å². The second-order valence-electron chi connectivity index (χ2n) is 4.39. The Morgan fingerprint density at radius 1 is 1.41 bits per heavy atom. The van der Waals surface area contributed by atoms with Crippen molar-refractivity contribution in [2.24, 2.45) is 4.99 Å². The maximum absolute atomic E-state index is 5.85. The molecular weight excluding hydrogens is 212 g/mol. The van der Waals surface area contributed by atoms with E-state index in [1.54, 1.807) is 0 Å². The molecule has 3 heteroatoms. The topological polar surface area (TPSA) is 33.6 Å². The van der Waals surface area contributed by atoms with Crippen molar-refractivity contribution in [1.29, 1.82) is 0 Å². The third-order valence-electron chi connectivity index (χ3n) is 3.17. The Bertz CT molecular complexity index is 401. The molecule has 0 saturated carbocycles. The summed E-state index contributed by atoms with van der Waals surface area (Å²) in [6, 6.07) is 8.27. The lowest BCUT2D eigenvalue weighted by atomic mass is 9.98. The van der Waals surface area contributed by atoms with Crippen molar-refractivity contribution < 1.29 is 4.74 Å². The van der Waals surface area contributed by atoms with E-state index in [0.29, 0.717) is 12.5 Å². The molecule has 1 N–H and O–H groups in total. The van der Waals surface area contributed by atoms with Crippen molar-refractivity contribution in [3.8, 4) is 5.75 Å². The fourth-order valence-electron chi connectivity index (χ4n) is 1.93. The maximum Gasteiger partial charge on any atom is 0.145 e. The number of ether oxygens (including phenoxy) is 1. The lowest BCUT2D eigenvalue weighted by molar-refractivity contribution is 0.366. The molecule has 2 rings (SSSR count). The van der Waals surface area contributed by atoms with Gasteiger partial charge in [0.2, 0.25) is 0 Å². The van der Waals surface area contributed by atoms with Gasteiger partial charge in [-0.15, -0.1) is 0 Å².